The molecule has 0 saturated heterocycles. The van der Waals surface area contributed by atoms with Gasteiger partial charge in [0.05, 0.1) is 39.9 Å². The summed E-state index contributed by atoms with van der Waals surface area (Å²) >= 11 is 3.70. The molecule has 12 heteroatoms. The topological polar surface area (TPSA) is 105 Å². The standard InChI is InChI=1S/C24H25BrN4O4S2.ClH/c1-3-33-24(31)22-20(12-35(32)11-15-10-34-13-27-15)29(16-4-5-16)19-8-18(25)23(30)17(21(19)22)9-28-7-6-26-14(28)2;/h6-8,10,13,16,30H,3-5,9,11-12H2,1-2H3;1H. The van der Waals surface area contributed by atoms with Crippen LogP contribution in [0.4, 0.5) is 0 Å². The number of carbonyl (C=O) groups excluding carboxylic acids is 1. The van der Waals surface area contributed by atoms with E-state index in [4.69, 9.17) is 4.74 Å². The number of imidazole rings is 1. The van der Waals surface area contributed by atoms with E-state index in [1.165, 1.54) is 11.3 Å². The molecular weight excluding hydrogens is 588 g/mol. The molecule has 1 atom stereocenters. The highest BCUT2D eigenvalue weighted by Gasteiger charge is 2.36. The molecule has 1 fully saturated rings. The van der Waals surface area contributed by atoms with Crippen molar-refractivity contribution in [2.45, 2.75) is 50.8 Å². The summed E-state index contributed by atoms with van der Waals surface area (Å²) in [6.45, 7) is 4.20. The Labute approximate surface area is 230 Å². The van der Waals surface area contributed by atoms with Gasteiger partial charge in [-0.25, -0.2) is 14.8 Å². The molecule has 192 valence electrons. The fraction of sp³-hybridized carbons (Fsp3) is 0.375. The molecule has 3 aromatic heterocycles. The number of rotatable bonds is 9. The molecule has 0 radical (unpaired) electrons. The van der Waals surface area contributed by atoms with Crippen molar-refractivity contribution in [1.29, 1.82) is 0 Å². The lowest BCUT2D eigenvalue weighted by molar-refractivity contribution is 0.0527. The van der Waals surface area contributed by atoms with Crippen LogP contribution in [0.1, 0.15) is 58.9 Å². The molecule has 0 amide bonds. The molecule has 0 bridgehead atoms. The molecule has 1 saturated carbocycles. The zero-order valence-electron chi connectivity index (χ0n) is 19.8. The van der Waals surface area contributed by atoms with Crippen LogP contribution in [0.5, 0.6) is 5.75 Å². The van der Waals surface area contributed by atoms with Crippen LogP contribution in [0.25, 0.3) is 10.9 Å². The average Bonchev–Trinajstić information content (AvgIpc) is 3.20. The molecule has 0 aliphatic heterocycles. The van der Waals surface area contributed by atoms with Gasteiger partial charge in [0.15, 0.2) is 0 Å². The van der Waals surface area contributed by atoms with Crippen LogP contribution in [0.2, 0.25) is 0 Å². The van der Waals surface area contributed by atoms with Crippen molar-refractivity contribution < 1.29 is 19.2 Å². The zero-order valence-corrected chi connectivity index (χ0v) is 23.8. The molecule has 1 aromatic carbocycles. The number of phenols is 1. The number of aryl methyl sites for hydroxylation is 1. The van der Waals surface area contributed by atoms with E-state index in [0.29, 0.717) is 39.0 Å². The number of thiazole rings is 1. The number of hydrogen-bond donors (Lipinski definition) is 1. The van der Waals surface area contributed by atoms with E-state index in [2.05, 4.69) is 30.5 Å². The molecule has 8 nitrogen and oxygen atoms in total. The molecule has 3 heterocycles. The van der Waals surface area contributed by atoms with E-state index in [-0.39, 0.29) is 36.6 Å². The van der Waals surface area contributed by atoms with E-state index < -0.39 is 17.1 Å². The van der Waals surface area contributed by atoms with Crippen LogP contribution in [-0.4, -0.2) is 41.3 Å². The number of hydrogen-bond acceptors (Lipinski definition) is 7. The van der Waals surface area contributed by atoms with Gasteiger partial charge in [0, 0.05) is 34.8 Å². The van der Waals surface area contributed by atoms with Crippen molar-refractivity contribution in [1.82, 2.24) is 19.1 Å². The lowest BCUT2D eigenvalue weighted by Crippen LogP contribution is -2.16. The van der Waals surface area contributed by atoms with Crippen molar-refractivity contribution in [3.8, 4) is 5.75 Å². The van der Waals surface area contributed by atoms with Crippen molar-refractivity contribution in [2.75, 3.05) is 6.61 Å². The maximum absolute atomic E-state index is 13.4. The van der Waals surface area contributed by atoms with Gasteiger partial charge in [-0.05, 0) is 59.9 Å². The summed E-state index contributed by atoms with van der Waals surface area (Å²) in [6, 6.07) is 2.06. The van der Waals surface area contributed by atoms with Crippen LogP contribution < -0.4 is 0 Å². The minimum absolute atomic E-state index is 0. The lowest BCUT2D eigenvalue weighted by atomic mass is 10.0. The maximum atomic E-state index is 13.4. The summed E-state index contributed by atoms with van der Waals surface area (Å²) in [5, 5.41) is 13.7. The Morgan fingerprint density at radius 2 is 2.14 bits per heavy atom. The largest absolute Gasteiger partial charge is 0.616 e. The SMILES string of the molecule is CCOC(=O)c1c(C[S+]([O-])Cc2cscn2)n(C2CC2)c2cc(Br)c(O)c(Cn3ccnc3C)c12.Cl. The highest BCUT2D eigenvalue weighted by atomic mass is 79.9. The number of carbonyl (C=O) groups is 1. The minimum Gasteiger partial charge on any atom is -0.616 e. The van der Waals surface area contributed by atoms with Gasteiger partial charge in [0.1, 0.15) is 28.8 Å². The average molecular weight is 614 g/mol. The molecule has 1 N–H and O–H groups in total. The molecule has 1 unspecified atom stereocenters. The van der Waals surface area contributed by atoms with Crippen LogP contribution in [0.3, 0.4) is 0 Å². The summed E-state index contributed by atoms with van der Waals surface area (Å²) < 4.78 is 23.3. The second kappa shape index (κ2) is 11.1. The van der Waals surface area contributed by atoms with Gasteiger partial charge in [-0.2, -0.15) is 0 Å². The first kappa shape index (κ1) is 27.0. The number of halogens is 2. The first-order chi connectivity index (χ1) is 16.9. The molecule has 1 aliphatic rings. The fourth-order valence-electron chi connectivity index (χ4n) is 4.44. The fourth-order valence-corrected chi connectivity index (χ4v) is 6.74. The van der Waals surface area contributed by atoms with Crippen LogP contribution in [0, 0.1) is 6.92 Å². The minimum atomic E-state index is -1.28. The zero-order chi connectivity index (χ0) is 24.7. The molecule has 36 heavy (non-hydrogen) atoms. The van der Waals surface area contributed by atoms with Crippen LogP contribution in [-0.2, 0) is 34.0 Å². The molecular formula is C24H26BrClN4O4S2. The highest BCUT2D eigenvalue weighted by molar-refractivity contribution is 9.10. The third kappa shape index (κ3) is 5.17. The van der Waals surface area contributed by atoms with Gasteiger partial charge in [-0.15, -0.1) is 23.7 Å². The van der Waals surface area contributed by atoms with Crippen LogP contribution in [0.15, 0.2) is 33.8 Å². The molecule has 0 spiro atoms. The molecule has 4 aromatic rings. The summed E-state index contributed by atoms with van der Waals surface area (Å²) in [7, 11) is 0. The van der Waals surface area contributed by atoms with E-state index in [1.54, 1.807) is 18.6 Å². The number of esters is 1. The highest BCUT2D eigenvalue weighted by Crippen LogP contribution is 2.46. The Hall–Kier alpha value is -2.05. The number of ether oxygens (including phenoxy) is 1. The lowest BCUT2D eigenvalue weighted by Gasteiger charge is -2.14. The third-order valence-corrected chi connectivity index (χ3v) is 8.61. The van der Waals surface area contributed by atoms with Gasteiger partial charge in [-0.1, -0.05) is 0 Å². The smallest absolute Gasteiger partial charge is 0.340 e. The third-order valence-electron chi connectivity index (χ3n) is 6.16. The van der Waals surface area contributed by atoms with E-state index in [9.17, 15) is 14.5 Å². The predicted molar refractivity (Wildman–Crippen MR) is 147 cm³/mol. The van der Waals surface area contributed by atoms with Gasteiger partial charge in [0.25, 0.3) is 0 Å². The molecule has 5 rings (SSSR count). The Morgan fingerprint density at radius 3 is 2.75 bits per heavy atom. The van der Waals surface area contributed by atoms with Gasteiger partial charge in [-0.3, -0.25) is 0 Å². The normalized spacial score (nSPS) is 14.1. The summed E-state index contributed by atoms with van der Waals surface area (Å²) in [4.78, 5) is 22.0. The summed E-state index contributed by atoms with van der Waals surface area (Å²) in [5.41, 5.74) is 5.00. The Kier molecular flexibility index (Phi) is 8.35. The number of fused-ring (bicyclic) bond motifs is 1. The Morgan fingerprint density at radius 1 is 1.36 bits per heavy atom. The van der Waals surface area contributed by atoms with Crippen molar-refractivity contribution >= 4 is 67.7 Å². The van der Waals surface area contributed by atoms with Gasteiger partial charge in [0.2, 0.25) is 0 Å². The number of aromatic nitrogens is 4. The molecule has 1 aliphatic carbocycles. The second-order valence-electron chi connectivity index (χ2n) is 8.53. The number of phenolic OH excluding ortho intramolecular Hbond substituents is 1. The van der Waals surface area contributed by atoms with Gasteiger partial charge >= 0.3 is 5.97 Å². The first-order valence-electron chi connectivity index (χ1n) is 11.3. The Balaban J connectivity index is 0.00000304. The number of aromatic hydroxyl groups is 1. The summed E-state index contributed by atoms with van der Waals surface area (Å²) in [5.74, 6) is 0.899. The van der Waals surface area contributed by atoms with Crippen LogP contribution >= 0.6 is 39.7 Å². The van der Waals surface area contributed by atoms with Crippen molar-refractivity contribution in [3.63, 3.8) is 0 Å². The van der Waals surface area contributed by atoms with Gasteiger partial charge < -0.3 is 23.5 Å². The van der Waals surface area contributed by atoms with E-state index in [0.717, 1.165) is 29.9 Å². The van der Waals surface area contributed by atoms with Crippen molar-refractivity contribution in [2.24, 2.45) is 0 Å². The first-order valence-corrected chi connectivity index (χ1v) is 14.5. The monoisotopic (exact) mass is 612 g/mol. The van der Waals surface area contributed by atoms with E-state index in [1.807, 2.05) is 29.1 Å². The maximum Gasteiger partial charge on any atom is 0.340 e. The number of nitrogens with zero attached hydrogens (tertiary/aromatic N) is 4. The van der Waals surface area contributed by atoms with E-state index >= 15 is 0 Å². The number of benzene rings is 1. The predicted octanol–water partition coefficient (Wildman–Crippen LogP) is 5.50. The van der Waals surface area contributed by atoms with Crippen molar-refractivity contribution in [3.05, 3.63) is 62.2 Å². The Bertz CT molecular complexity index is 1380. The second-order valence-corrected chi connectivity index (χ2v) is 11.6. The summed E-state index contributed by atoms with van der Waals surface area (Å²) in [6.07, 6.45) is 5.50. The quantitative estimate of drug-likeness (QED) is 0.197.